The van der Waals surface area contributed by atoms with Gasteiger partial charge in [0.15, 0.2) is 0 Å². The van der Waals surface area contributed by atoms with Crippen LogP contribution in [0.25, 0.3) is 33.2 Å². The van der Waals surface area contributed by atoms with Gasteiger partial charge in [0.05, 0.1) is 35.3 Å². The van der Waals surface area contributed by atoms with Gasteiger partial charge in [0.1, 0.15) is 5.69 Å². The molecule has 8 nitrogen and oxygen atoms in total. The van der Waals surface area contributed by atoms with Crippen LogP contribution in [-0.2, 0) is 17.3 Å². The highest BCUT2D eigenvalue weighted by Gasteiger charge is 2.31. The number of hydrogen-bond donors (Lipinski definition) is 1. The molecule has 5 aromatic rings. The Morgan fingerprint density at radius 1 is 1.11 bits per heavy atom. The number of rotatable bonds is 6. The first-order valence-electron chi connectivity index (χ1n) is 14.4. The topological polar surface area (TPSA) is 87.2 Å². The molecule has 0 spiro atoms. The van der Waals surface area contributed by atoms with E-state index in [9.17, 15) is 5.11 Å². The van der Waals surface area contributed by atoms with Crippen LogP contribution in [0.1, 0.15) is 48.0 Å². The molecule has 38 heavy (non-hydrogen) atoms. The SMILES string of the molecule is [2H]C([2H])([2H])n1nnc(OC)c1-c1cnc2c3ccc(C(C)(C)O)cc3n([C@H](c3ccccc3)C3CCOCC3)c2c1. The third-order valence-electron chi connectivity index (χ3n) is 7.58. The Hall–Kier alpha value is -3.75. The summed E-state index contributed by atoms with van der Waals surface area (Å²) < 4.78 is 38.4. The van der Waals surface area contributed by atoms with E-state index in [1.165, 1.54) is 7.11 Å². The van der Waals surface area contributed by atoms with Crippen LogP contribution < -0.4 is 4.74 Å². The number of methoxy groups -OCH3 is 1. The summed E-state index contributed by atoms with van der Waals surface area (Å²) in [5.41, 5.74) is 4.24. The van der Waals surface area contributed by atoms with Crippen molar-refractivity contribution >= 4 is 21.9 Å². The molecule has 1 saturated heterocycles. The number of pyridine rings is 1. The summed E-state index contributed by atoms with van der Waals surface area (Å²) in [6.07, 6.45) is 3.43. The first kappa shape index (κ1) is 21.2. The third kappa shape index (κ3) is 4.14. The number of fused-ring (bicyclic) bond motifs is 3. The lowest BCUT2D eigenvalue weighted by molar-refractivity contribution is 0.0552. The van der Waals surface area contributed by atoms with Crippen LogP contribution in [-0.4, -0.2) is 50.0 Å². The molecule has 0 unspecified atom stereocenters. The van der Waals surface area contributed by atoms with Crippen molar-refractivity contribution in [2.75, 3.05) is 20.3 Å². The van der Waals surface area contributed by atoms with E-state index in [-0.39, 0.29) is 23.5 Å². The fourth-order valence-electron chi connectivity index (χ4n) is 5.68. The zero-order chi connectivity index (χ0) is 28.9. The Labute approximate surface area is 226 Å². The highest BCUT2D eigenvalue weighted by atomic mass is 16.5. The molecule has 3 aromatic heterocycles. The van der Waals surface area contributed by atoms with Gasteiger partial charge >= 0.3 is 0 Å². The third-order valence-corrected chi connectivity index (χ3v) is 7.58. The number of aromatic nitrogens is 5. The Morgan fingerprint density at radius 3 is 2.61 bits per heavy atom. The van der Waals surface area contributed by atoms with Crippen LogP contribution in [0, 0.1) is 5.92 Å². The van der Waals surface area contributed by atoms with Crippen molar-refractivity contribution in [3.05, 3.63) is 71.9 Å². The molecule has 0 aliphatic carbocycles. The summed E-state index contributed by atoms with van der Waals surface area (Å²) in [6.45, 7) is 2.37. The lowest BCUT2D eigenvalue weighted by Crippen LogP contribution is -2.27. The van der Waals surface area contributed by atoms with Crippen molar-refractivity contribution in [3.63, 3.8) is 0 Å². The summed E-state index contributed by atoms with van der Waals surface area (Å²) in [6, 6.07) is 18.3. The van der Waals surface area contributed by atoms with Crippen molar-refractivity contribution in [1.29, 1.82) is 0 Å². The minimum absolute atomic E-state index is 0.0539. The van der Waals surface area contributed by atoms with Gasteiger partial charge in [0.25, 0.3) is 5.88 Å². The van der Waals surface area contributed by atoms with Gasteiger partial charge in [0, 0.05) is 41.4 Å². The Kier molecular flexibility index (Phi) is 5.32. The van der Waals surface area contributed by atoms with Gasteiger partial charge in [-0.15, -0.1) is 0 Å². The van der Waals surface area contributed by atoms with Crippen LogP contribution in [0.3, 0.4) is 0 Å². The maximum atomic E-state index is 10.9. The predicted octanol–water partition coefficient (Wildman–Crippen LogP) is 5.24. The lowest BCUT2D eigenvalue weighted by Gasteiger charge is -2.33. The van der Waals surface area contributed by atoms with E-state index < -0.39 is 12.6 Å². The number of nitrogens with zero attached hydrogens (tertiary/aromatic N) is 5. The number of aryl methyl sites for hydroxylation is 1. The Bertz CT molecular complexity index is 1700. The molecule has 0 saturated carbocycles. The van der Waals surface area contributed by atoms with Crippen LogP contribution in [0.2, 0.25) is 0 Å². The van der Waals surface area contributed by atoms with Crippen molar-refractivity contribution in [2.24, 2.45) is 12.9 Å². The van der Waals surface area contributed by atoms with E-state index in [2.05, 4.69) is 27.0 Å². The second kappa shape index (κ2) is 9.53. The molecule has 0 amide bonds. The van der Waals surface area contributed by atoms with Gasteiger partial charge in [0.2, 0.25) is 0 Å². The summed E-state index contributed by atoms with van der Waals surface area (Å²) in [5, 5.41) is 19.7. The largest absolute Gasteiger partial charge is 0.478 e. The van der Waals surface area contributed by atoms with Gasteiger partial charge in [-0.25, -0.2) is 4.68 Å². The summed E-state index contributed by atoms with van der Waals surface area (Å²) in [4.78, 5) is 4.88. The van der Waals surface area contributed by atoms with Crippen molar-refractivity contribution in [2.45, 2.75) is 38.3 Å². The van der Waals surface area contributed by atoms with E-state index in [1.807, 2.05) is 42.5 Å². The standard InChI is InChI=1S/C30H33N5O3/c1-30(2,36)22-10-11-23-24(17-22)35(27(19-8-6-5-7-9-19)20-12-14-38-15-13-20)25-16-21(18-31-26(23)25)28-29(37-4)32-33-34(28)3/h5-11,16-18,20,27,36H,12-15H2,1-4H3/t27-/m1/s1/i3D3. The van der Waals surface area contributed by atoms with E-state index in [1.54, 1.807) is 20.0 Å². The number of aliphatic hydroxyl groups is 1. The van der Waals surface area contributed by atoms with Crippen LogP contribution in [0.15, 0.2) is 60.8 Å². The summed E-state index contributed by atoms with van der Waals surface area (Å²) in [5.74, 6) is 0.391. The monoisotopic (exact) mass is 514 g/mol. The maximum absolute atomic E-state index is 10.9. The quantitative estimate of drug-likeness (QED) is 0.334. The van der Waals surface area contributed by atoms with Crippen molar-refractivity contribution in [3.8, 4) is 17.1 Å². The van der Waals surface area contributed by atoms with Gasteiger partial charge in [-0.1, -0.05) is 52.8 Å². The van der Waals surface area contributed by atoms with Crippen LogP contribution in [0.4, 0.5) is 0 Å². The summed E-state index contributed by atoms with van der Waals surface area (Å²) in [7, 11) is 1.44. The molecule has 0 bridgehead atoms. The Balaban J connectivity index is 1.69. The second-order valence-electron chi connectivity index (χ2n) is 10.4. The molecule has 2 aromatic carbocycles. The van der Waals surface area contributed by atoms with Crippen molar-refractivity contribution < 1.29 is 18.7 Å². The molecule has 196 valence electrons. The highest BCUT2D eigenvalue weighted by Crippen LogP contribution is 2.42. The fraction of sp³-hybridized carbons (Fsp3) is 0.367. The summed E-state index contributed by atoms with van der Waals surface area (Å²) >= 11 is 0. The molecule has 1 atom stereocenters. The van der Waals surface area contributed by atoms with E-state index >= 15 is 0 Å². The first-order valence-corrected chi connectivity index (χ1v) is 12.9. The van der Waals surface area contributed by atoms with Crippen LogP contribution >= 0.6 is 0 Å². The van der Waals surface area contributed by atoms with Crippen LogP contribution in [0.5, 0.6) is 5.88 Å². The first-order chi connectivity index (χ1) is 19.6. The Morgan fingerprint density at radius 2 is 1.89 bits per heavy atom. The zero-order valence-electron chi connectivity index (χ0n) is 24.8. The molecule has 1 aliphatic rings. The molecule has 8 heteroatoms. The van der Waals surface area contributed by atoms with E-state index in [4.69, 9.17) is 18.6 Å². The molecular weight excluding hydrogens is 478 g/mol. The maximum Gasteiger partial charge on any atom is 0.261 e. The van der Waals surface area contributed by atoms with Gasteiger partial charge in [-0.2, -0.15) is 0 Å². The predicted molar refractivity (Wildman–Crippen MR) is 147 cm³/mol. The van der Waals surface area contributed by atoms with E-state index in [0.717, 1.165) is 50.6 Å². The zero-order valence-corrected chi connectivity index (χ0v) is 21.8. The molecule has 6 rings (SSSR count). The molecule has 1 fully saturated rings. The highest BCUT2D eigenvalue weighted by molar-refractivity contribution is 6.07. The van der Waals surface area contributed by atoms with Gasteiger partial charge < -0.3 is 19.1 Å². The van der Waals surface area contributed by atoms with Gasteiger partial charge in [-0.05, 0) is 55.9 Å². The minimum Gasteiger partial charge on any atom is -0.478 e. The number of hydrogen-bond acceptors (Lipinski definition) is 6. The molecule has 4 heterocycles. The molecule has 1 N–H and O–H groups in total. The molecular formula is C30H33N5O3. The van der Waals surface area contributed by atoms with E-state index in [0.29, 0.717) is 18.8 Å². The normalized spacial score (nSPS) is 17.3. The molecule has 0 radical (unpaired) electrons. The average Bonchev–Trinajstić information content (AvgIpc) is 3.53. The number of benzene rings is 2. The lowest BCUT2D eigenvalue weighted by atomic mass is 9.86. The number of ether oxygens (including phenoxy) is 2. The average molecular weight is 515 g/mol. The smallest absolute Gasteiger partial charge is 0.261 e. The second-order valence-corrected chi connectivity index (χ2v) is 10.4. The van der Waals surface area contributed by atoms with Gasteiger partial charge in [-0.3, -0.25) is 4.98 Å². The fourth-order valence-corrected chi connectivity index (χ4v) is 5.68. The minimum atomic E-state index is -2.56. The van der Waals surface area contributed by atoms with Crippen molar-refractivity contribution in [1.82, 2.24) is 24.5 Å². The molecule has 1 aliphatic heterocycles.